The molecule has 1 aliphatic rings. The van der Waals surface area contributed by atoms with Gasteiger partial charge in [-0.25, -0.2) is 9.80 Å². The summed E-state index contributed by atoms with van der Waals surface area (Å²) in [7, 11) is 1.50. The predicted molar refractivity (Wildman–Crippen MR) is 119 cm³/mol. The van der Waals surface area contributed by atoms with Gasteiger partial charge in [-0.1, -0.05) is 0 Å². The van der Waals surface area contributed by atoms with Crippen LogP contribution in [0.4, 0.5) is 26.3 Å². The molecular formula is C25H18F6N2O5. The predicted octanol–water partition coefficient (Wildman–Crippen LogP) is 5.86. The molecule has 1 aromatic heterocycles. The highest BCUT2D eigenvalue weighted by molar-refractivity contribution is 6.03. The van der Waals surface area contributed by atoms with E-state index in [4.69, 9.17) is 13.9 Å². The quantitative estimate of drug-likeness (QED) is 0.289. The van der Waals surface area contributed by atoms with Gasteiger partial charge in [0.1, 0.15) is 17.6 Å². The third-order valence-corrected chi connectivity index (χ3v) is 5.61. The number of alkyl halides is 6. The molecule has 0 saturated carbocycles. The summed E-state index contributed by atoms with van der Waals surface area (Å²) in [6, 6.07) is 9.63. The number of hydrazone groups is 1. The third kappa shape index (κ3) is 5.82. The monoisotopic (exact) mass is 540 g/mol. The first-order valence-corrected chi connectivity index (χ1v) is 10.9. The van der Waals surface area contributed by atoms with Crippen LogP contribution in [0.25, 0.3) is 0 Å². The number of ether oxygens (including phenoxy) is 2. The summed E-state index contributed by atoms with van der Waals surface area (Å²) >= 11 is 0. The maximum Gasteiger partial charge on any atom is 0.416 e. The van der Waals surface area contributed by atoms with E-state index in [0.29, 0.717) is 22.8 Å². The second kappa shape index (κ2) is 10.2. The third-order valence-electron chi connectivity index (χ3n) is 5.61. The Morgan fingerprint density at radius 2 is 1.63 bits per heavy atom. The molecule has 4 rings (SSSR count). The van der Waals surface area contributed by atoms with Crippen molar-refractivity contribution in [2.45, 2.75) is 24.8 Å². The molecule has 0 aliphatic carbocycles. The molecule has 0 saturated heterocycles. The molecule has 3 aromatic rings. The smallest absolute Gasteiger partial charge is 0.416 e. The topological polar surface area (TPSA) is 81.3 Å². The van der Waals surface area contributed by atoms with E-state index in [-0.39, 0.29) is 24.6 Å². The second-order valence-electron chi connectivity index (χ2n) is 8.12. The number of nitrogens with zero attached hydrogens (tertiary/aromatic N) is 2. The van der Waals surface area contributed by atoms with E-state index in [1.165, 1.54) is 13.4 Å². The number of esters is 1. The van der Waals surface area contributed by atoms with Gasteiger partial charge >= 0.3 is 18.3 Å². The molecule has 13 heteroatoms. The van der Waals surface area contributed by atoms with E-state index in [0.717, 1.165) is 5.01 Å². The van der Waals surface area contributed by atoms with Crippen LogP contribution in [0, 0.1) is 0 Å². The van der Waals surface area contributed by atoms with Crippen LogP contribution in [0.15, 0.2) is 70.4 Å². The van der Waals surface area contributed by atoms with Crippen molar-refractivity contribution >= 4 is 17.6 Å². The fourth-order valence-corrected chi connectivity index (χ4v) is 3.75. The molecule has 200 valence electrons. The highest BCUT2D eigenvalue weighted by Gasteiger charge is 2.38. The number of methoxy groups -OCH3 is 1. The van der Waals surface area contributed by atoms with Gasteiger partial charge in [0.2, 0.25) is 0 Å². The Hall–Kier alpha value is -4.29. The average Bonchev–Trinajstić information content (AvgIpc) is 3.56. The van der Waals surface area contributed by atoms with Crippen LogP contribution < -0.4 is 4.74 Å². The number of halogens is 6. The lowest BCUT2D eigenvalue weighted by Gasteiger charge is -2.20. The molecule has 1 atom stereocenters. The van der Waals surface area contributed by atoms with Gasteiger partial charge in [0.15, 0.2) is 6.61 Å². The molecule has 0 fully saturated rings. The van der Waals surface area contributed by atoms with E-state index < -0.39 is 53.6 Å². The molecule has 0 bridgehead atoms. The van der Waals surface area contributed by atoms with Crippen LogP contribution in [0.3, 0.4) is 0 Å². The van der Waals surface area contributed by atoms with Crippen molar-refractivity contribution in [3.8, 4) is 5.75 Å². The molecule has 0 radical (unpaired) electrons. The van der Waals surface area contributed by atoms with Gasteiger partial charge in [0, 0.05) is 6.42 Å². The van der Waals surface area contributed by atoms with Crippen molar-refractivity contribution < 1.29 is 49.8 Å². The summed E-state index contributed by atoms with van der Waals surface area (Å²) in [5, 5.41) is 5.30. The molecule has 7 nitrogen and oxygen atoms in total. The van der Waals surface area contributed by atoms with Crippen molar-refractivity contribution in [3.05, 3.63) is 88.9 Å². The molecule has 0 unspecified atom stereocenters. The number of benzene rings is 2. The van der Waals surface area contributed by atoms with Crippen LogP contribution in [-0.4, -0.2) is 36.3 Å². The van der Waals surface area contributed by atoms with Gasteiger partial charge < -0.3 is 13.9 Å². The molecule has 0 spiro atoms. The zero-order valence-corrected chi connectivity index (χ0v) is 19.5. The summed E-state index contributed by atoms with van der Waals surface area (Å²) in [6.45, 7) is -0.993. The van der Waals surface area contributed by atoms with Gasteiger partial charge in [-0.05, 0) is 60.2 Å². The maximum absolute atomic E-state index is 13.1. The lowest BCUT2D eigenvalue weighted by atomic mass is 10.0. The van der Waals surface area contributed by atoms with Crippen LogP contribution >= 0.6 is 0 Å². The minimum absolute atomic E-state index is 0.116. The van der Waals surface area contributed by atoms with Crippen molar-refractivity contribution in [1.82, 2.24) is 5.01 Å². The summed E-state index contributed by atoms with van der Waals surface area (Å²) < 4.78 is 93.9. The van der Waals surface area contributed by atoms with E-state index in [2.05, 4.69) is 5.10 Å². The number of carbonyl (C=O) groups is 2. The summed E-state index contributed by atoms with van der Waals surface area (Å²) in [6.07, 6.45) is -8.69. The van der Waals surface area contributed by atoms with Gasteiger partial charge in [0.05, 0.1) is 35.8 Å². The highest BCUT2D eigenvalue weighted by atomic mass is 19.4. The second-order valence-corrected chi connectivity index (χ2v) is 8.12. The normalized spacial score (nSPS) is 15.8. The number of carbonyl (C=O) groups excluding carboxylic acids is 2. The Balaban J connectivity index is 1.55. The van der Waals surface area contributed by atoms with Gasteiger partial charge in [-0.3, -0.25) is 4.79 Å². The fourth-order valence-electron chi connectivity index (χ4n) is 3.75. The fraction of sp³-hybridized carbons (Fsp3) is 0.240. The average molecular weight is 540 g/mol. The van der Waals surface area contributed by atoms with E-state index >= 15 is 0 Å². The molecule has 1 aliphatic heterocycles. The van der Waals surface area contributed by atoms with E-state index in [1.54, 1.807) is 36.4 Å². The van der Waals surface area contributed by atoms with E-state index in [9.17, 15) is 35.9 Å². The molecular weight excluding hydrogens is 522 g/mol. The number of hydrogen-bond donors (Lipinski definition) is 0. The summed E-state index contributed by atoms with van der Waals surface area (Å²) in [5.41, 5.74) is -3.22. The largest absolute Gasteiger partial charge is 0.497 e. The Morgan fingerprint density at radius 3 is 2.16 bits per heavy atom. The van der Waals surface area contributed by atoms with Crippen molar-refractivity contribution in [1.29, 1.82) is 0 Å². The SMILES string of the molecule is COc1ccc(C2=NN(C(=O)COC(=O)c3cc(C(F)(F)F)cc(C(F)(F)F)c3)[C@@H](c3ccco3)C2)cc1. The molecule has 1 amide bonds. The van der Waals surface area contributed by atoms with Crippen molar-refractivity contribution in [2.24, 2.45) is 5.10 Å². The minimum Gasteiger partial charge on any atom is -0.497 e. The summed E-state index contributed by atoms with van der Waals surface area (Å²) in [5.74, 6) is -1.45. The Kier molecular flexibility index (Phi) is 7.20. The van der Waals surface area contributed by atoms with Gasteiger partial charge in [-0.2, -0.15) is 31.4 Å². The van der Waals surface area contributed by atoms with Gasteiger partial charge in [-0.15, -0.1) is 0 Å². The number of rotatable bonds is 6. The highest BCUT2D eigenvalue weighted by Crippen LogP contribution is 2.37. The Morgan fingerprint density at radius 1 is 1.00 bits per heavy atom. The first-order chi connectivity index (χ1) is 17.9. The van der Waals surface area contributed by atoms with Crippen LogP contribution in [0.5, 0.6) is 5.75 Å². The Bertz CT molecular complexity index is 1320. The number of hydrogen-bond acceptors (Lipinski definition) is 6. The maximum atomic E-state index is 13.1. The Labute approximate surface area is 211 Å². The first kappa shape index (κ1) is 26.8. The van der Waals surface area contributed by atoms with E-state index in [1.807, 2.05) is 0 Å². The lowest BCUT2D eigenvalue weighted by molar-refractivity contribution is -0.143. The first-order valence-electron chi connectivity index (χ1n) is 10.9. The zero-order chi connectivity index (χ0) is 27.7. The van der Waals surface area contributed by atoms with Crippen molar-refractivity contribution in [2.75, 3.05) is 13.7 Å². The number of furan rings is 1. The molecule has 2 aromatic carbocycles. The van der Waals surface area contributed by atoms with Crippen LogP contribution in [0.2, 0.25) is 0 Å². The lowest BCUT2D eigenvalue weighted by Crippen LogP contribution is -2.31. The van der Waals surface area contributed by atoms with Crippen molar-refractivity contribution in [3.63, 3.8) is 0 Å². The standard InChI is InChI=1S/C25H18F6N2O5/c1-36-18-6-4-14(5-7-18)19-12-20(21-3-2-8-37-21)33(32-19)22(34)13-38-23(35)15-9-16(24(26,27)28)11-17(10-15)25(29,30)31/h2-11,20H,12-13H2,1H3/t20-/m1/s1. The summed E-state index contributed by atoms with van der Waals surface area (Å²) in [4.78, 5) is 25.3. The van der Waals surface area contributed by atoms with Crippen LogP contribution in [-0.2, 0) is 21.9 Å². The zero-order valence-electron chi connectivity index (χ0n) is 19.5. The number of amides is 1. The molecule has 2 heterocycles. The minimum atomic E-state index is -5.15. The van der Waals surface area contributed by atoms with Gasteiger partial charge in [0.25, 0.3) is 5.91 Å². The molecule has 0 N–H and O–H groups in total. The van der Waals surface area contributed by atoms with Crippen LogP contribution in [0.1, 0.15) is 45.3 Å². The molecule has 38 heavy (non-hydrogen) atoms.